The van der Waals surface area contributed by atoms with Crippen LogP contribution in [0, 0.1) is 5.82 Å². The number of hydrogen-bond acceptors (Lipinski definition) is 3. The lowest BCUT2D eigenvalue weighted by Gasteiger charge is -2.36. The van der Waals surface area contributed by atoms with Gasteiger partial charge in [0.25, 0.3) is 0 Å². The zero-order valence-corrected chi connectivity index (χ0v) is 12.5. The molecule has 1 N–H and O–H groups in total. The van der Waals surface area contributed by atoms with E-state index in [0.29, 0.717) is 10.5 Å². The van der Waals surface area contributed by atoms with Gasteiger partial charge in [-0.3, -0.25) is 0 Å². The highest BCUT2D eigenvalue weighted by molar-refractivity contribution is 8.07. The minimum Gasteiger partial charge on any atom is -0.312 e. The van der Waals surface area contributed by atoms with Gasteiger partial charge in [0, 0.05) is 33.6 Å². The molecule has 100 valence electrons. The highest BCUT2D eigenvalue weighted by Crippen LogP contribution is 2.40. The minimum atomic E-state index is -0.0946. The maximum atomic E-state index is 14.0. The summed E-state index contributed by atoms with van der Waals surface area (Å²) >= 11 is 4.01. The summed E-state index contributed by atoms with van der Waals surface area (Å²) < 4.78 is 14.0. The molecule has 0 saturated carbocycles. The van der Waals surface area contributed by atoms with E-state index < -0.39 is 0 Å². The molecule has 1 aromatic carbocycles. The van der Waals surface area contributed by atoms with E-state index in [-0.39, 0.29) is 11.9 Å². The highest BCUT2D eigenvalue weighted by Gasteiger charge is 2.33. The lowest BCUT2D eigenvalue weighted by molar-refractivity contribution is 0.507. The van der Waals surface area contributed by atoms with Gasteiger partial charge in [-0.05, 0) is 19.5 Å². The monoisotopic (exact) mass is 285 g/mol. The van der Waals surface area contributed by atoms with E-state index in [1.165, 1.54) is 11.5 Å². The van der Waals surface area contributed by atoms with Crippen molar-refractivity contribution in [3.8, 4) is 0 Å². The number of halogens is 1. The summed E-state index contributed by atoms with van der Waals surface area (Å²) in [6.45, 7) is 2.23. The fraction of sp³-hybridized carbons (Fsp3) is 0.571. The van der Waals surface area contributed by atoms with E-state index in [4.69, 9.17) is 0 Å². The summed E-state index contributed by atoms with van der Waals surface area (Å²) in [5, 5.41) is 4.39. The molecular formula is C14H20FNS2. The van der Waals surface area contributed by atoms with Crippen LogP contribution in [-0.2, 0) is 0 Å². The average Bonchev–Trinajstić information content (AvgIpc) is 2.42. The second kappa shape index (κ2) is 6.83. The number of benzene rings is 1. The Morgan fingerprint density at radius 2 is 2.06 bits per heavy atom. The molecular weight excluding hydrogens is 265 g/mol. The van der Waals surface area contributed by atoms with Gasteiger partial charge in [-0.1, -0.05) is 25.1 Å². The molecule has 18 heavy (non-hydrogen) atoms. The third-order valence-electron chi connectivity index (χ3n) is 3.37. The Hall–Kier alpha value is -0.190. The highest BCUT2D eigenvalue weighted by atomic mass is 32.2. The Labute approximate surface area is 117 Å². The standard InChI is InChI=1S/C14H20FNS2/c1-3-12-14(18-9-8-17-12)13(16-2)10-6-4-5-7-11(10)15/h4-7,12-14,16H,3,8-9H2,1-2H3. The van der Waals surface area contributed by atoms with E-state index in [1.807, 2.05) is 42.7 Å². The lowest BCUT2D eigenvalue weighted by atomic mass is 10.00. The molecule has 1 fully saturated rings. The van der Waals surface area contributed by atoms with Crippen molar-refractivity contribution < 1.29 is 4.39 Å². The zero-order valence-electron chi connectivity index (χ0n) is 10.9. The summed E-state index contributed by atoms with van der Waals surface area (Å²) in [7, 11) is 1.93. The number of rotatable bonds is 4. The van der Waals surface area contributed by atoms with E-state index in [1.54, 1.807) is 12.1 Å². The largest absolute Gasteiger partial charge is 0.312 e. The minimum absolute atomic E-state index is 0.0946. The van der Waals surface area contributed by atoms with E-state index in [0.717, 1.165) is 12.0 Å². The molecule has 1 aliphatic rings. The van der Waals surface area contributed by atoms with Crippen LogP contribution in [0.4, 0.5) is 4.39 Å². The molecule has 0 spiro atoms. The van der Waals surface area contributed by atoms with Crippen molar-refractivity contribution in [2.45, 2.75) is 29.9 Å². The normalized spacial score (nSPS) is 25.9. The van der Waals surface area contributed by atoms with Crippen LogP contribution in [0.5, 0.6) is 0 Å². The van der Waals surface area contributed by atoms with Crippen molar-refractivity contribution in [2.24, 2.45) is 0 Å². The maximum absolute atomic E-state index is 14.0. The fourth-order valence-electron chi connectivity index (χ4n) is 2.47. The third-order valence-corrected chi connectivity index (χ3v) is 6.72. The molecule has 0 radical (unpaired) electrons. The predicted molar refractivity (Wildman–Crippen MR) is 81.0 cm³/mol. The molecule has 1 nitrogen and oxygen atoms in total. The van der Waals surface area contributed by atoms with Crippen LogP contribution in [0.2, 0.25) is 0 Å². The number of hydrogen-bond donors (Lipinski definition) is 1. The van der Waals surface area contributed by atoms with Crippen LogP contribution < -0.4 is 5.32 Å². The van der Waals surface area contributed by atoms with Gasteiger partial charge in [-0.2, -0.15) is 23.5 Å². The van der Waals surface area contributed by atoms with Crippen LogP contribution in [0.1, 0.15) is 24.9 Å². The Balaban J connectivity index is 2.24. The smallest absolute Gasteiger partial charge is 0.128 e. The van der Waals surface area contributed by atoms with Crippen LogP contribution in [0.25, 0.3) is 0 Å². The van der Waals surface area contributed by atoms with Crippen LogP contribution >= 0.6 is 23.5 Å². The zero-order chi connectivity index (χ0) is 13.0. The van der Waals surface area contributed by atoms with Gasteiger partial charge in [0.05, 0.1) is 0 Å². The van der Waals surface area contributed by atoms with Crippen LogP contribution in [-0.4, -0.2) is 29.1 Å². The topological polar surface area (TPSA) is 12.0 Å². The van der Waals surface area contributed by atoms with Crippen molar-refractivity contribution in [3.05, 3.63) is 35.6 Å². The Morgan fingerprint density at radius 1 is 1.33 bits per heavy atom. The van der Waals surface area contributed by atoms with Crippen LogP contribution in [0.15, 0.2) is 24.3 Å². The Kier molecular flexibility index (Phi) is 5.39. The summed E-state index contributed by atoms with van der Waals surface area (Å²) in [5.74, 6) is 2.29. The number of nitrogens with one attached hydrogen (secondary N) is 1. The van der Waals surface area contributed by atoms with E-state index >= 15 is 0 Å². The van der Waals surface area contributed by atoms with Crippen molar-refractivity contribution in [2.75, 3.05) is 18.6 Å². The molecule has 0 bridgehead atoms. The first-order valence-electron chi connectivity index (χ1n) is 6.42. The number of thioether (sulfide) groups is 2. The van der Waals surface area contributed by atoms with Gasteiger partial charge in [0.1, 0.15) is 5.82 Å². The SMILES string of the molecule is CCC1SCCSC1C(NC)c1ccccc1F. The Bertz CT molecular complexity index is 386. The molecule has 1 aromatic rings. The first-order chi connectivity index (χ1) is 8.77. The molecule has 0 aromatic heterocycles. The first-order valence-corrected chi connectivity index (χ1v) is 8.52. The van der Waals surface area contributed by atoms with Crippen molar-refractivity contribution in [3.63, 3.8) is 0 Å². The Morgan fingerprint density at radius 3 is 2.72 bits per heavy atom. The summed E-state index contributed by atoms with van der Waals surface area (Å²) in [6.07, 6.45) is 1.15. The summed E-state index contributed by atoms with van der Waals surface area (Å²) in [6, 6.07) is 7.24. The van der Waals surface area contributed by atoms with Gasteiger partial charge in [0.15, 0.2) is 0 Å². The fourth-order valence-corrected chi connectivity index (χ4v) is 5.75. The predicted octanol–water partition coefficient (Wildman–Crippen LogP) is 3.71. The third kappa shape index (κ3) is 3.03. The first kappa shape index (κ1) is 14.2. The van der Waals surface area contributed by atoms with E-state index in [2.05, 4.69) is 12.2 Å². The van der Waals surface area contributed by atoms with Gasteiger partial charge in [-0.25, -0.2) is 4.39 Å². The molecule has 1 saturated heterocycles. The quantitative estimate of drug-likeness (QED) is 0.905. The summed E-state index contributed by atoms with van der Waals surface area (Å²) in [4.78, 5) is 0. The molecule has 4 heteroatoms. The van der Waals surface area contributed by atoms with Gasteiger partial charge < -0.3 is 5.32 Å². The van der Waals surface area contributed by atoms with Gasteiger partial charge in [-0.15, -0.1) is 0 Å². The van der Waals surface area contributed by atoms with E-state index in [9.17, 15) is 4.39 Å². The molecule has 1 heterocycles. The van der Waals surface area contributed by atoms with Crippen molar-refractivity contribution in [1.29, 1.82) is 0 Å². The molecule has 2 rings (SSSR count). The van der Waals surface area contributed by atoms with Crippen molar-refractivity contribution >= 4 is 23.5 Å². The summed E-state index contributed by atoms with van der Waals surface area (Å²) in [5.41, 5.74) is 0.804. The lowest BCUT2D eigenvalue weighted by Crippen LogP contribution is -2.37. The van der Waals surface area contributed by atoms with Crippen molar-refractivity contribution in [1.82, 2.24) is 5.32 Å². The average molecular weight is 285 g/mol. The van der Waals surface area contributed by atoms with Crippen LogP contribution in [0.3, 0.4) is 0 Å². The molecule has 0 aliphatic carbocycles. The molecule has 3 unspecified atom stereocenters. The second-order valence-corrected chi connectivity index (χ2v) is 7.07. The maximum Gasteiger partial charge on any atom is 0.128 e. The van der Waals surface area contributed by atoms with Gasteiger partial charge in [0.2, 0.25) is 0 Å². The molecule has 0 amide bonds. The molecule has 3 atom stereocenters. The molecule has 1 aliphatic heterocycles. The van der Waals surface area contributed by atoms with Gasteiger partial charge >= 0.3 is 0 Å². The second-order valence-electron chi connectivity index (χ2n) is 4.44.